The van der Waals surface area contributed by atoms with Gasteiger partial charge in [-0.2, -0.15) is 10.4 Å². The molecule has 8 heteroatoms. The zero-order valence-corrected chi connectivity index (χ0v) is 17.5. The lowest BCUT2D eigenvalue weighted by molar-refractivity contribution is -0.120. The Labute approximate surface area is 180 Å². The van der Waals surface area contributed by atoms with Gasteiger partial charge in [0.15, 0.2) is 0 Å². The fraction of sp³-hybridized carbons (Fsp3) is 0.391. The molecule has 1 aromatic carbocycles. The van der Waals surface area contributed by atoms with E-state index in [2.05, 4.69) is 21.5 Å². The standard InChI is InChI=1S/C23H25N5O3/c1-31-21-6-5-16(11-25-26-22(29)7-8-24)9-19(21)15-27-12-17-10-18(14-27)20-3-2-4-23(30)28(20)13-17/h2-6,9,11,17-18H,7,10,12-15H2,1H3,(H,26,29)/b25-11+/t17-,18+/m1/s1. The second-order valence-corrected chi connectivity index (χ2v) is 8.09. The van der Waals surface area contributed by atoms with Crippen molar-refractivity contribution in [1.82, 2.24) is 14.9 Å². The van der Waals surface area contributed by atoms with Crippen LogP contribution in [-0.4, -0.2) is 41.8 Å². The number of pyridine rings is 1. The third kappa shape index (κ3) is 4.67. The van der Waals surface area contributed by atoms with Gasteiger partial charge in [-0.25, -0.2) is 5.43 Å². The summed E-state index contributed by atoms with van der Waals surface area (Å²) in [5.41, 5.74) is 5.45. The molecule has 4 rings (SSSR count). The minimum atomic E-state index is -0.438. The van der Waals surface area contributed by atoms with Crippen LogP contribution in [0.3, 0.4) is 0 Å². The number of ether oxygens (including phenoxy) is 1. The van der Waals surface area contributed by atoms with Gasteiger partial charge in [0, 0.05) is 49.4 Å². The van der Waals surface area contributed by atoms with Crippen molar-refractivity contribution < 1.29 is 9.53 Å². The number of nitrogens with one attached hydrogen (secondary N) is 1. The summed E-state index contributed by atoms with van der Waals surface area (Å²) >= 11 is 0. The van der Waals surface area contributed by atoms with Gasteiger partial charge in [-0.05, 0) is 42.2 Å². The summed E-state index contributed by atoms with van der Waals surface area (Å²) < 4.78 is 7.50. The first-order valence-electron chi connectivity index (χ1n) is 10.3. The lowest BCUT2D eigenvalue weighted by atomic mass is 9.83. The molecule has 0 aliphatic carbocycles. The molecule has 2 bridgehead atoms. The van der Waals surface area contributed by atoms with Crippen LogP contribution in [0.2, 0.25) is 0 Å². The lowest BCUT2D eigenvalue weighted by Crippen LogP contribution is -2.46. The largest absolute Gasteiger partial charge is 0.496 e. The highest BCUT2D eigenvalue weighted by atomic mass is 16.5. The van der Waals surface area contributed by atoms with Crippen molar-refractivity contribution >= 4 is 12.1 Å². The summed E-state index contributed by atoms with van der Waals surface area (Å²) in [4.78, 5) is 26.0. The van der Waals surface area contributed by atoms with Crippen molar-refractivity contribution in [2.45, 2.75) is 31.8 Å². The first-order valence-corrected chi connectivity index (χ1v) is 10.3. The zero-order chi connectivity index (χ0) is 21.8. The Kier molecular flexibility index (Phi) is 6.14. The van der Waals surface area contributed by atoms with Crippen molar-refractivity contribution in [2.75, 3.05) is 20.2 Å². The van der Waals surface area contributed by atoms with Gasteiger partial charge in [-0.1, -0.05) is 6.07 Å². The summed E-state index contributed by atoms with van der Waals surface area (Å²) in [5, 5.41) is 12.5. The van der Waals surface area contributed by atoms with Crippen molar-refractivity contribution in [1.29, 1.82) is 5.26 Å². The number of methoxy groups -OCH3 is 1. The molecule has 1 N–H and O–H groups in total. The smallest absolute Gasteiger partial charge is 0.254 e. The van der Waals surface area contributed by atoms with E-state index in [1.807, 2.05) is 28.8 Å². The van der Waals surface area contributed by atoms with Crippen LogP contribution in [0.4, 0.5) is 0 Å². The van der Waals surface area contributed by atoms with Gasteiger partial charge >= 0.3 is 0 Å². The molecule has 160 valence electrons. The summed E-state index contributed by atoms with van der Waals surface area (Å²) in [7, 11) is 1.66. The quantitative estimate of drug-likeness (QED) is 0.569. The molecule has 8 nitrogen and oxygen atoms in total. The molecule has 2 aromatic rings. The Balaban J connectivity index is 1.49. The van der Waals surface area contributed by atoms with Gasteiger partial charge < -0.3 is 9.30 Å². The van der Waals surface area contributed by atoms with E-state index in [9.17, 15) is 9.59 Å². The molecule has 1 saturated heterocycles. The van der Waals surface area contributed by atoms with Crippen molar-refractivity contribution in [3.05, 3.63) is 63.6 Å². The number of hydrogen-bond acceptors (Lipinski definition) is 6. The number of hydrogen-bond donors (Lipinski definition) is 1. The number of likely N-dealkylation sites (tertiary alicyclic amines) is 1. The van der Waals surface area contributed by atoms with Crippen LogP contribution in [0.25, 0.3) is 0 Å². The molecular formula is C23H25N5O3. The Morgan fingerprint density at radius 3 is 3.00 bits per heavy atom. The van der Waals surface area contributed by atoms with Gasteiger partial charge in [0.25, 0.3) is 11.5 Å². The SMILES string of the molecule is COc1ccc(/C=N/NC(=O)CC#N)cc1CN1C[C@H]2C[C@@H](C1)c1cccc(=O)n1C2. The Hall–Kier alpha value is -3.44. The minimum Gasteiger partial charge on any atom is -0.496 e. The predicted octanol–water partition coefficient (Wildman–Crippen LogP) is 1.84. The number of nitriles is 1. The summed E-state index contributed by atoms with van der Waals surface area (Å²) in [6.07, 6.45) is 2.45. The molecule has 2 atom stereocenters. The number of piperidine rings is 1. The average Bonchev–Trinajstić information content (AvgIpc) is 2.75. The molecule has 1 amide bonds. The fourth-order valence-electron chi connectivity index (χ4n) is 4.66. The first kappa shape index (κ1) is 20.8. The Morgan fingerprint density at radius 2 is 2.19 bits per heavy atom. The number of hydrazone groups is 1. The monoisotopic (exact) mass is 419 g/mol. The van der Waals surface area contributed by atoms with Crippen LogP contribution in [0.1, 0.15) is 35.6 Å². The number of amides is 1. The molecule has 31 heavy (non-hydrogen) atoms. The van der Waals surface area contributed by atoms with Crippen molar-refractivity contribution in [3.8, 4) is 11.8 Å². The lowest BCUT2D eigenvalue weighted by Gasteiger charge is -2.42. The number of carbonyl (C=O) groups excluding carboxylic acids is 1. The maximum Gasteiger partial charge on any atom is 0.254 e. The molecule has 3 heterocycles. The van der Waals surface area contributed by atoms with E-state index >= 15 is 0 Å². The minimum absolute atomic E-state index is 0.0937. The average molecular weight is 419 g/mol. The number of benzene rings is 1. The second-order valence-electron chi connectivity index (χ2n) is 8.09. The highest BCUT2D eigenvalue weighted by molar-refractivity contribution is 5.83. The number of carbonyl (C=O) groups is 1. The van der Waals surface area contributed by atoms with Crippen LogP contribution in [0, 0.1) is 17.2 Å². The summed E-state index contributed by atoms with van der Waals surface area (Å²) in [6.45, 7) is 3.33. The predicted molar refractivity (Wildman–Crippen MR) is 116 cm³/mol. The fourth-order valence-corrected chi connectivity index (χ4v) is 4.66. The maximum atomic E-state index is 12.2. The van der Waals surface area contributed by atoms with E-state index < -0.39 is 5.91 Å². The van der Waals surface area contributed by atoms with E-state index in [-0.39, 0.29) is 12.0 Å². The maximum absolute atomic E-state index is 12.2. The molecular weight excluding hydrogens is 394 g/mol. The van der Waals surface area contributed by atoms with Crippen LogP contribution in [0.15, 0.2) is 46.3 Å². The molecule has 2 aliphatic rings. The second kappa shape index (κ2) is 9.14. The first-order chi connectivity index (χ1) is 15.1. The third-order valence-electron chi connectivity index (χ3n) is 5.90. The van der Waals surface area contributed by atoms with Crippen LogP contribution >= 0.6 is 0 Å². The molecule has 0 spiro atoms. The van der Waals surface area contributed by atoms with Crippen LogP contribution in [-0.2, 0) is 17.9 Å². The highest BCUT2D eigenvalue weighted by Crippen LogP contribution is 2.36. The topological polar surface area (TPSA) is 99.7 Å². The Morgan fingerprint density at radius 1 is 1.32 bits per heavy atom. The molecule has 0 radical (unpaired) electrons. The van der Waals surface area contributed by atoms with Crippen LogP contribution in [0.5, 0.6) is 5.75 Å². The molecule has 1 fully saturated rings. The summed E-state index contributed by atoms with van der Waals surface area (Å²) in [6, 6.07) is 13.1. The number of nitrogens with zero attached hydrogens (tertiary/aromatic N) is 4. The molecule has 0 unspecified atom stereocenters. The third-order valence-corrected chi connectivity index (χ3v) is 5.90. The molecule has 2 aliphatic heterocycles. The van der Waals surface area contributed by atoms with Gasteiger partial charge in [-0.3, -0.25) is 14.5 Å². The van der Waals surface area contributed by atoms with E-state index in [1.165, 1.54) is 0 Å². The molecule has 0 saturated carbocycles. The van der Waals surface area contributed by atoms with Crippen molar-refractivity contribution in [2.24, 2.45) is 11.0 Å². The van der Waals surface area contributed by atoms with Gasteiger partial charge in [0.1, 0.15) is 12.2 Å². The van der Waals surface area contributed by atoms with Gasteiger partial charge in [0.2, 0.25) is 0 Å². The van der Waals surface area contributed by atoms with E-state index in [1.54, 1.807) is 25.5 Å². The van der Waals surface area contributed by atoms with Crippen molar-refractivity contribution in [3.63, 3.8) is 0 Å². The Bertz CT molecular complexity index is 1100. The molecule has 1 aromatic heterocycles. The highest BCUT2D eigenvalue weighted by Gasteiger charge is 2.34. The van der Waals surface area contributed by atoms with E-state index in [0.29, 0.717) is 11.8 Å². The number of aromatic nitrogens is 1. The number of rotatable bonds is 6. The van der Waals surface area contributed by atoms with Gasteiger partial charge in [0.05, 0.1) is 19.4 Å². The number of fused-ring (bicyclic) bond motifs is 4. The summed E-state index contributed by atoms with van der Waals surface area (Å²) in [5.74, 6) is 1.18. The zero-order valence-electron chi connectivity index (χ0n) is 17.5. The van der Waals surface area contributed by atoms with Crippen LogP contribution < -0.4 is 15.7 Å². The van der Waals surface area contributed by atoms with E-state index in [0.717, 1.165) is 55.2 Å². The van der Waals surface area contributed by atoms with E-state index in [4.69, 9.17) is 10.00 Å². The van der Waals surface area contributed by atoms with Gasteiger partial charge in [-0.15, -0.1) is 0 Å². The normalized spacial score (nSPS) is 20.1.